The standard InChI is InChI=1S/C37H72O5/c1-4-6-8-10-12-14-16-18-20-22-24-26-28-30-35(39)41-33-37(3,32-38)34-42-36(40)31-29-27-25-23-21-19-17-15-13-11-9-7-5-2/h38H,4-34H2,1-3H3. The smallest absolute Gasteiger partial charge is 0.305 e. The Labute approximate surface area is 261 Å². The number of rotatable bonds is 33. The van der Waals surface area contributed by atoms with E-state index < -0.39 is 5.41 Å². The molecule has 0 heterocycles. The van der Waals surface area contributed by atoms with E-state index in [9.17, 15) is 14.7 Å². The molecule has 42 heavy (non-hydrogen) atoms. The fourth-order valence-electron chi connectivity index (χ4n) is 5.36. The highest BCUT2D eigenvalue weighted by Crippen LogP contribution is 2.19. The van der Waals surface area contributed by atoms with Gasteiger partial charge in [-0.15, -0.1) is 0 Å². The number of aliphatic hydroxyl groups excluding tert-OH is 1. The van der Waals surface area contributed by atoms with Gasteiger partial charge in [-0.3, -0.25) is 9.59 Å². The van der Waals surface area contributed by atoms with Gasteiger partial charge in [0, 0.05) is 12.8 Å². The lowest BCUT2D eigenvalue weighted by molar-refractivity contribution is -0.155. The molecule has 0 bridgehead atoms. The van der Waals surface area contributed by atoms with Gasteiger partial charge in [-0.25, -0.2) is 0 Å². The maximum atomic E-state index is 12.2. The monoisotopic (exact) mass is 597 g/mol. The van der Waals surface area contributed by atoms with E-state index in [0.29, 0.717) is 12.8 Å². The summed E-state index contributed by atoms with van der Waals surface area (Å²) in [7, 11) is 0. The van der Waals surface area contributed by atoms with Crippen LogP contribution in [-0.2, 0) is 19.1 Å². The van der Waals surface area contributed by atoms with Crippen molar-refractivity contribution in [1.82, 2.24) is 0 Å². The van der Waals surface area contributed by atoms with E-state index in [4.69, 9.17) is 9.47 Å². The van der Waals surface area contributed by atoms with Gasteiger partial charge in [0.1, 0.15) is 13.2 Å². The molecule has 0 atom stereocenters. The average molecular weight is 597 g/mol. The third kappa shape index (κ3) is 29.0. The minimum atomic E-state index is -0.753. The van der Waals surface area contributed by atoms with Gasteiger partial charge in [-0.05, 0) is 12.8 Å². The quantitative estimate of drug-likeness (QED) is 0.0602. The third-order valence-corrected chi connectivity index (χ3v) is 8.51. The van der Waals surface area contributed by atoms with Crippen molar-refractivity contribution in [1.29, 1.82) is 0 Å². The van der Waals surface area contributed by atoms with Crippen molar-refractivity contribution in [2.45, 2.75) is 201 Å². The van der Waals surface area contributed by atoms with Crippen molar-refractivity contribution < 1.29 is 24.2 Å². The van der Waals surface area contributed by atoms with E-state index in [1.165, 1.54) is 141 Å². The van der Waals surface area contributed by atoms with E-state index in [-0.39, 0.29) is 31.8 Å². The molecule has 0 aromatic rings. The van der Waals surface area contributed by atoms with Crippen molar-refractivity contribution in [3.63, 3.8) is 0 Å². The van der Waals surface area contributed by atoms with Crippen LogP contribution in [-0.4, -0.2) is 36.9 Å². The molecule has 0 spiro atoms. The number of hydrogen-bond donors (Lipinski definition) is 1. The van der Waals surface area contributed by atoms with Crippen molar-refractivity contribution in [2.75, 3.05) is 19.8 Å². The Bertz CT molecular complexity index is 545. The molecule has 5 heteroatoms. The Morgan fingerprint density at radius 1 is 0.452 bits per heavy atom. The average Bonchev–Trinajstić information content (AvgIpc) is 2.99. The Morgan fingerprint density at radius 2 is 0.690 bits per heavy atom. The molecule has 0 aliphatic carbocycles. The zero-order valence-corrected chi connectivity index (χ0v) is 28.5. The van der Waals surface area contributed by atoms with Gasteiger partial charge >= 0.3 is 11.9 Å². The van der Waals surface area contributed by atoms with Crippen LogP contribution in [0.15, 0.2) is 0 Å². The van der Waals surface area contributed by atoms with Gasteiger partial charge in [-0.1, -0.05) is 175 Å². The van der Waals surface area contributed by atoms with Gasteiger partial charge in [0.2, 0.25) is 0 Å². The van der Waals surface area contributed by atoms with E-state index in [2.05, 4.69) is 13.8 Å². The first-order valence-electron chi connectivity index (χ1n) is 18.4. The van der Waals surface area contributed by atoms with Gasteiger partial charge in [0.05, 0.1) is 12.0 Å². The second-order valence-electron chi connectivity index (χ2n) is 13.3. The fourth-order valence-corrected chi connectivity index (χ4v) is 5.36. The number of ether oxygens (including phenoxy) is 2. The molecule has 0 radical (unpaired) electrons. The molecule has 0 aromatic heterocycles. The van der Waals surface area contributed by atoms with E-state index in [0.717, 1.165) is 25.7 Å². The molecule has 0 aliphatic rings. The number of hydrogen-bond acceptors (Lipinski definition) is 5. The second-order valence-corrected chi connectivity index (χ2v) is 13.3. The summed E-state index contributed by atoms with van der Waals surface area (Å²) in [6, 6.07) is 0. The summed E-state index contributed by atoms with van der Waals surface area (Å²) in [6.45, 7) is 6.28. The van der Waals surface area contributed by atoms with Gasteiger partial charge < -0.3 is 14.6 Å². The lowest BCUT2D eigenvalue weighted by atomic mass is 9.94. The number of carbonyl (C=O) groups is 2. The molecule has 250 valence electrons. The van der Waals surface area contributed by atoms with Crippen LogP contribution < -0.4 is 0 Å². The summed E-state index contributed by atoms with van der Waals surface area (Å²) in [4.78, 5) is 24.4. The molecule has 5 nitrogen and oxygen atoms in total. The van der Waals surface area contributed by atoms with Crippen molar-refractivity contribution >= 4 is 11.9 Å². The Kier molecular flexibility index (Phi) is 30.5. The predicted molar refractivity (Wildman–Crippen MR) is 178 cm³/mol. The zero-order valence-electron chi connectivity index (χ0n) is 28.5. The maximum absolute atomic E-state index is 12.2. The topological polar surface area (TPSA) is 72.8 Å². The molecule has 0 saturated carbocycles. The molecule has 0 amide bonds. The Morgan fingerprint density at radius 3 is 0.929 bits per heavy atom. The van der Waals surface area contributed by atoms with Gasteiger partial charge in [-0.2, -0.15) is 0 Å². The normalized spacial score (nSPS) is 11.6. The first kappa shape index (κ1) is 40.9. The second kappa shape index (κ2) is 31.3. The van der Waals surface area contributed by atoms with Crippen LogP contribution in [0, 0.1) is 5.41 Å². The Balaban J connectivity index is 3.65. The highest BCUT2D eigenvalue weighted by molar-refractivity contribution is 5.69. The van der Waals surface area contributed by atoms with Crippen molar-refractivity contribution in [3.8, 4) is 0 Å². The SMILES string of the molecule is CCCCCCCCCCCCCCCC(=O)OCC(C)(CO)COC(=O)CCCCCCCCCCCCCCC. The maximum Gasteiger partial charge on any atom is 0.305 e. The number of esters is 2. The number of aliphatic hydroxyl groups is 1. The molecule has 0 fully saturated rings. The molecule has 0 aromatic carbocycles. The summed E-state index contributed by atoms with van der Waals surface area (Å²) in [5, 5.41) is 9.83. The first-order valence-corrected chi connectivity index (χ1v) is 18.4. The number of unbranched alkanes of at least 4 members (excludes halogenated alkanes) is 24. The van der Waals surface area contributed by atoms with Crippen LogP contribution >= 0.6 is 0 Å². The lowest BCUT2D eigenvalue weighted by Crippen LogP contribution is -2.35. The highest BCUT2D eigenvalue weighted by Gasteiger charge is 2.27. The molecule has 0 unspecified atom stereocenters. The van der Waals surface area contributed by atoms with Gasteiger partial charge in [0.15, 0.2) is 0 Å². The van der Waals surface area contributed by atoms with Crippen LogP contribution in [0.3, 0.4) is 0 Å². The van der Waals surface area contributed by atoms with Crippen LogP contribution in [0.5, 0.6) is 0 Å². The molecule has 0 saturated heterocycles. The zero-order chi connectivity index (χ0) is 31.0. The molecular formula is C37H72O5. The Hall–Kier alpha value is -1.10. The summed E-state index contributed by atoms with van der Waals surface area (Å²) in [5.41, 5.74) is -0.753. The lowest BCUT2D eigenvalue weighted by Gasteiger charge is -2.26. The summed E-state index contributed by atoms with van der Waals surface area (Å²) in [6.07, 6.45) is 34.0. The van der Waals surface area contributed by atoms with Crippen LogP contribution in [0.25, 0.3) is 0 Å². The highest BCUT2D eigenvalue weighted by atomic mass is 16.5. The van der Waals surface area contributed by atoms with Crippen LogP contribution in [0.1, 0.15) is 201 Å². The van der Waals surface area contributed by atoms with E-state index in [1.54, 1.807) is 6.92 Å². The molecule has 1 N–H and O–H groups in total. The van der Waals surface area contributed by atoms with Crippen LogP contribution in [0.4, 0.5) is 0 Å². The van der Waals surface area contributed by atoms with E-state index >= 15 is 0 Å². The fraction of sp³-hybridized carbons (Fsp3) is 0.946. The largest absolute Gasteiger partial charge is 0.465 e. The summed E-state index contributed by atoms with van der Waals surface area (Å²) < 4.78 is 10.9. The minimum absolute atomic E-state index is 0.0762. The predicted octanol–water partition coefficient (Wildman–Crippen LogP) is 11.0. The van der Waals surface area contributed by atoms with Crippen molar-refractivity contribution in [2.24, 2.45) is 5.41 Å². The van der Waals surface area contributed by atoms with Crippen molar-refractivity contribution in [3.05, 3.63) is 0 Å². The first-order chi connectivity index (χ1) is 20.5. The molecule has 0 rings (SSSR count). The van der Waals surface area contributed by atoms with Gasteiger partial charge in [0.25, 0.3) is 0 Å². The van der Waals surface area contributed by atoms with Crippen LogP contribution in [0.2, 0.25) is 0 Å². The number of carbonyl (C=O) groups excluding carboxylic acids is 2. The molecular weight excluding hydrogens is 524 g/mol. The summed E-state index contributed by atoms with van der Waals surface area (Å²) >= 11 is 0. The summed E-state index contributed by atoms with van der Waals surface area (Å²) in [5.74, 6) is -0.452. The third-order valence-electron chi connectivity index (χ3n) is 8.51. The van der Waals surface area contributed by atoms with E-state index in [1.807, 2.05) is 0 Å². The molecule has 0 aliphatic heterocycles. The minimum Gasteiger partial charge on any atom is -0.465 e.